The van der Waals surface area contributed by atoms with Crippen LogP contribution in [0.5, 0.6) is 5.88 Å². The number of carbonyl (C=O) groups excluding carboxylic acids is 1. The summed E-state index contributed by atoms with van der Waals surface area (Å²) in [6, 6.07) is 12.3. The highest BCUT2D eigenvalue weighted by Gasteiger charge is 2.18. The normalized spacial score (nSPS) is 11.6. The monoisotopic (exact) mass is 495 g/mol. The van der Waals surface area contributed by atoms with Gasteiger partial charge in [0.05, 0.1) is 5.52 Å². The fourth-order valence-corrected chi connectivity index (χ4v) is 3.66. The lowest BCUT2D eigenvalue weighted by Gasteiger charge is -2.21. The minimum Gasteiger partial charge on any atom is -0.472 e. The molecule has 0 unspecified atom stereocenters. The number of pyridine rings is 1. The second-order valence-corrected chi connectivity index (χ2v) is 8.99. The van der Waals surface area contributed by atoms with Crippen molar-refractivity contribution in [3.8, 4) is 5.88 Å². The van der Waals surface area contributed by atoms with E-state index < -0.39 is 0 Å². The lowest BCUT2D eigenvalue weighted by atomic mass is 10.0. The molecule has 2 aromatic carbocycles. The van der Waals surface area contributed by atoms with Gasteiger partial charge in [-0.05, 0) is 89.0 Å². The number of hydrogen-bond donors (Lipinski definition) is 0. The Bertz CT molecular complexity index is 995. The minimum atomic E-state index is -0.350. The number of hydrogen-bond acceptors (Lipinski definition) is 3. The molecule has 0 fully saturated rings. The Kier molecular flexibility index (Phi) is 5.42. The van der Waals surface area contributed by atoms with E-state index in [2.05, 4.69) is 36.8 Å². The zero-order valence-electron chi connectivity index (χ0n) is 14.4. The molecule has 0 saturated carbocycles. The van der Waals surface area contributed by atoms with Gasteiger partial charge in [-0.3, -0.25) is 4.79 Å². The quantitative estimate of drug-likeness (QED) is 0.373. The maximum Gasteiger partial charge on any atom is 0.215 e. The molecular formula is C20H16Br2ClNO2. The zero-order valence-corrected chi connectivity index (χ0v) is 18.4. The van der Waals surface area contributed by atoms with Crippen LogP contribution >= 0.6 is 43.5 Å². The van der Waals surface area contributed by atoms with Gasteiger partial charge < -0.3 is 4.74 Å². The molecule has 0 saturated heterocycles. The van der Waals surface area contributed by atoms with Gasteiger partial charge >= 0.3 is 0 Å². The number of carbonyl (C=O) groups is 1. The summed E-state index contributed by atoms with van der Waals surface area (Å²) in [5.41, 5.74) is 1.53. The van der Waals surface area contributed by atoms with Gasteiger partial charge in [-0.15, -0.1) is 0 Å². The van der Waals surface area contributed by atoms with E-state index in [1.165, 1.54) is 0 Å². The van der Waals surface area contributed by atoms with Crippen LogP contribution in [-0.2, 0) is 0 Å². The van der Waals surface area contributed by atoms with E-state index in [1.54, 1.807) is 30.3 Å². The molecule has 0 aliphatic rings. The lowest BCUT2D eigenvalue weighted by molar-refractivity contribution is 0.103. The van der Waals surface area contributed by atoms with Crippen LogP contribution in [0.2, 0.25) is 5.02 Å². The van der Waals surface area contributed by atoms with Crippen molar-refractivity contribution < 1.29 is 9.53 Å². The van der Waals surface area contributed by atoms with Gasteiger partial charge in [-0.25, -0.2) is 4.98 Å². The first kappa shape index (κ1) is 19.3. The number of ketones is 1. The highest BCUT2D eigenvalue weighted by atomic mass is 79.9. The van der Waals surface area contributed by atoms with Crippen LogP contribution in [0.4, 0.5) is 0 Å². The maximum atomic E-state index is 12.8. The molecule has 134 valence electrons. The van der Waals surface area contributed by atoms with Crippen molar-refractivity contribution in [3.05, 3.63) is 67.6 Å². The largest absolute Gasteiger partial charge is 0.472 e. The van der Waals surface area contributed by atoms with Crippen LogP contribution in [0.25, 0.3) is 10.9 Å². The summed E-state index contributed by atoms with van der Waals surface area (Å²) in [5.74, 6) is 0.445. The SMILES string of the molecule is CC(C)(C)Oc1cc(Br)c2cc(C(=O)c3ccc(Cl)cc3)cc(Br)c2n1. The third-order valence-electron chi connectivity index (χ3n) is 3.57. The van der Waals surface area contributed by atoms with Crippen molar-refractivity contribution in [3.63, 3.8) is 0 Å². The summed E-state index contributed by atoms with van der Waals surface area (Å²) in [7, 11) is 0. The summed E-state index contributed by atoms with van der Waals surface area (Å²) >= 11 is 13.0. The molecule has 26 heavy (non-hydrogen) atoms. The molecule has 0 N–H and O–H groups in total. The van der Waals surface area contributed by atoms with E-state index in [-0.39, 0.29) is 11.4 Å². The standard InChI is InChI=1S/C20H16Br2ClNO2/c1-20(2,3)26-17-10-15(21)14-8-12(9-16(22)18(14)24-17)19(25)11-4-6-13(23)7-5-11/h4-10H,1-3H3. The van der Waals surface area contributed by atoms with Gasteiger partial charge in [-0.1, -0.05) is 11.6 Å². The van der Waals surface area contributed by atoms with Gasteiger partial charge in [0.2, 0.25) is 5.88 Å². The smallest absolute Gasteiger partial charge is 0.215 e. The number of ether oxygens (including phenoxy) is 1. The predicted octanol–water partition coefficient (Wildman–Crippen LogP) is 6.82. The number of nitrogens with zero attached hydrogens (tertiary/aromatic N) is 1. The van der Waals surface area contributed by atoms with Crippen LogP contribution in [0.15, 0.2) is 51.4 Å². The first-order valence-electron chi connectivity index (χ1n) is 7.93. The van der Waals surface area contributed by atoms with Crippen LogP contribution < -0.4 is 4.74 Å². The Balaban J connectivity index is 2.08. The minimum absolute atomic E-state index is 0.0776. The highest BCUT2D eigenvalue weighted by Crippen LogP contribution is 2.34. The molecule has 0 amide bonds. The highest BCUT2D eigenvalue weighted by molar-refractivity contribution is 9.11. The number of benzene rings is 2. The second-order valence-electron chi connectivity index (χ2n) is 6.85. The zero-order chi connectivity index (χ0) is 19.1. The molecule has 0 radical (unpaired) electrons. The molecule has 0 bridgehead atoms. The Hall–Kier alpha value is -1.43. The predicted molar refractivity (Wildman–Crippen MR) is 112 cm³/mol. The van der Waals surface area contributed by atoms with Crippen molar-refractivity contribution in [1.82, 2.24) is 4.98 Å². The van der Waals surface area contributed by atoms with Gasteiger partial charge in [0.1, 0.15) is 5.60 Å². The summed E-state index contributed by atoms with van der Waals surface area (Å²) in [6.07, 6.45) is 0. The first-order chi connectivity index (χ1) is 12.1. The van der Waals surface area contributed by atoms with Crippen molar-refractivity contribution in [2.75, 3.05) is 0 Å². The first-order valence-corrected chi connectivity index (χ1v) is 9.89. The molecule has 3 nitrogen and oxygen atoms in total. The molecule has 3 aromatic rings. The Morgan fingerprint density at radius 1 is 1.00 bits per heavy atom. The number of fused-ring (bicyclic) bond motifs is 1. The molecule has 3 rings (SSSR count). The Labute approximate surface area is 174 Å². The summed E-state index contributed by atoms with van der Waals surface area (Å²) < 4.78 is 7.40. The molecular weight excluding hydrogens is 481 g/mol. The third kappa shape index (κ3) is 4.27. The van der Waals surface area contributed by atoms with Gasteiger partial charge in [0, 0.05) is 36.5 Å². The van der Waals surface area contributed by atoms with E-state index in [4.69, 9.17) is 16.3 Å². The van der Waals surface area contributed by atoms with E-state index >= 15 is 0 Å². The molecule has 0 atom stereocenters. The molecule has 1 heterocycles. The maximum absolute atomic E-state index is 12.8. The van der Waals surface area contributed by atoms with Crippen molar-refractivity contribution in [2.45, 2.75) is 26.4 Å². The van der Waals surface area contributed by atoms with Crippen molar-refractivity contribution in [2.24, 2.45) is 0 Å². The van der Waals surface area contributed by atoms with Crippen molar-refractivity contribution >= 4 is 60.1 Å². The molecule has 0 aliphatic heterocycles. The number of rotatable bonds is 3. The fraction of sp³-hybridized carbons (Fsp3) is 0.200. The van der Waals surface area contributed by atoms with Crippen LogP contribution in [-0.4, -0.2) is 16.4 Å². The summed E-state index contributed by atoms with van der Waals surface area (Å²) in [4.78, 5) is 17.4. The molecule has 0 spiro atoms. The number of halogens is 3. The average molecular weight is 498 g/mol. The van der Waals surface area contributed by atoms with Gasteiger partial charge in [-0.2, -0.15) is 0 Å². The average Bonchev–Trinajstić information content (AvgIpc) is 2.54. The van der Waals surface area contributed by atoms with Crippen LogP contribution in [0.3, 0.4) is 0 Å². The van der Waals surface area contributed by atoms with E-state index in [0.717, 1.165) is 19.8 Å². The van der Waals surface area contributed by atoms with Crippen LogP contribution in [0, 0.1) is 0 Å². The van der Waals surface area contributed by atoms with E-state index in [1.807, 2.05) is 32.9 Å². The Morgan fingerprint density at radius 2 is 1.65 bits per heavy atom. The van der Waals surface area contributed by atoms with Crippen molar-refractivity contribution in [1.29, 1.82) is 0 Å². The second kappa shape index (κ2) is 7.29. The summed E-state index contributed by atoms with van der Waals surface area (Å²) in [5, 5.41) is 1.43. The third-order valence-corrected chi connectivity index (χ3v) is 5.08. The topological polar surface area (TPSA) is 39.2 Å². The molecule has 0 aliphatic carbocycles. The van der Waals surface area contributed by atoms with Crippen LogP contribution in [0.1, 0.15) is 36.7 Å². The van der Waals surface area contributed by atoms with E-state index in [9.17, 15) is 4.79 Å². The fourth-order valence-electron chi connectivity index (χ4n) is 2.49. The van der Waals surface area contributed by atoms with Gasteiger partial charge in [0.25, 0.3) is 0 Å². The van der Waals surface area contributed by atoms with Gasteiger partial charge in [0.15, 0.2) is 5.78 Å². The Morgan fingerprint density at radius 3 is 2.27 bits per heavy atom. The van der Waals surface area contributed by atoms with E-state index in [0.29, 0.717) is 22.0 Å². The summed E-state index contributed by atoms with van der Waals surface area (Å²) in [6.45, 7) is 5.90. The molecule has 6 heteroatoms. The number of aromatic nitrogens is 1. The lowest BCUT2D eigenvalue weighted by Crippen LogP contribution is -2.23. The molecule has 1 aromatic heterocycles.